The van der Waals surface area contributed by atoms with Crippen LogP contribution in [-0.2, 0) is 23.3 Å². The Hall–Kier alpha value is -10.9. The van der Waals surface area contributed by atoms with Crippen molar-refractivity contribution < 1.29 is 24.4 Å². The van der Waals surface area contributed by atoms with Gasteiger partial charge in [0.2, 0.25) is 23.8 Å². The first-order valence-corrected chi connectivity index (χ1v) is 31.4. The fourth-order valence-electron chi connectivity index (χ4n) is 10.5. The van der Waals surface area contributed by atoms with Crippen LogP contribution in [0, 0.1) is 34.0 Å². The number of carbonyl (C=O) groups is 1. The van der Waals surface area contributed by atoms with Crippen molar-refractivity contribution in [1.82, 2.24) is 70.0 Å². The monoisotopic (exact) mass is 1350 g/mol. The van der Waals surface area contributed by atoms with Gasteiger partial charge in [-0.15, -0.1) is 0 Å². The molecule has 95 heavy (non-hydrogen) atoms. The Morgan fingerprint density at radius 1 is 0.537 bits per heavy atom. The highest BCUT2D eigenvalue weighted by Crippen LogP contribution is 2.31. The first-order valence-electron chi connectivity index (χ1n) is 31.0. The molecule has 13 heterocycles. The average Bonchev–Trinajstić information content (AvgIpc) is 1.39. The predicted octanol–water partition coefficient (Wildman–Crippen LogP) is 9.64. The lowest BCUT2D eigenvalue weighted by Crippen LogP contribution is -2.47. The van der Waals surface area contributed by atoms with Crippen molar-refractivity contribution >= 4 is 73.8 Å². The molecule has 9 aromatic rings. The summed E-state index contributed by atoms with van der Waals surface area (Å²) in [5, 5.41) is 50.5. The van der Waals surface area contributed by atoms with Crippen molar-refractivity contribution in [2.45, 2.75) is 70.1 Å². The molecule has 0 unspecified atom stereocenters. The van der Waals surface area contributed by atoms with Crippen molar-refractivity contribution in [1.29, 1.82) is 15.8 Å². The van der Waals surface area contributed by atoms with Gasteiger partial charge in [-0.25, -0.2) is 58.0 Å². The molecule has 0 radical (unpaired) electrons. The third kappa shape index (κ3) is 17.8. The van der Waals surface area contributed by atoms with Crippen LogP contribution in [0.2, 0.25) is 0 Å². The molecule has 0 spiro atoms. The van der Waals surface area contributed by atoms with Gasteiger partial charge in [0, 0.05) is 84.2 Å². The molecule has 4 aliphatic heterocycles. The van der Waals surface area contributed by atoms with Crippen molar-refractivity contribution in [2.75, 3.05) is 89.6 Å². The number of alkyl halides is 4. The average molecular weight is 1350 g/mol. The number of hydrogen-bond donors (Lipinski definition) is 5. The topological polar surface area (TPSA) is 324 Å². The number of amides is 1. The summed E-state index contributed by atoms with van der Waals surface area (Å²) >= 11 is 3.37. The van der Waals surface area contributed by atoms with Crippen LogP contribution in [0.15, 0.2) is 128 Å². The third-order valence-electron chi connectivity index (χ3n) is 15.2. The lowest BCUT2D eigenvalue weighted by Gasteiger charge is -2.25. The molecule has 5 N–H and O–H groups in total. The molecule has 29 heteroatoms. The summed E-state index contributed by atoms with van der Waals surface area (Å²) in [4.78, 5) is 71.5. The highest BCUT2D eigenvalue weighted by molar-refractivity contribution is 9.08. The Labute approximate surface area is 555 Å². The number of nitriles is 3. The summed E-state index contributed by atoms with van der Waals surface area (Å²) in [6.07, 6.45) is 8.58. The van der Waals surface area contributed by atoms with Crippen LogP contribution in [0.4, 0.5) is 65.1 Å². The standard InChI is InChI=1S/C24H24FN9O.C20H17BrFN7.C20H18FN7O.C2H6/c25-16-6-9-34(13-16)22-4-3-19(31-21(22)11-26)20-5-7-28-24(32-20)30-17-1-2-18(29-12-17)14-33-10-8-27-23(35)15-33;21-9-14-1-2-15(11-25-14)26-20-24-7-5-17(28-20)16-3-4-19(18(10-23)27-16)29-8-6-13(22)12-29;21-13-6-8-28(11-13)19-4-3-16(26-18(19)9-22)17-5-7-23-20(27-17)25-14-1-2-15(12-29)24-10-14;1-2/h1-5,7,12,16H,6,8-10,13-15H2,(H,27,35)(H,28,30,32);1-5,7,11,13H,6,8-9,12H2,(H,24,26,28);1-5,7,10,13,29H,6,8,11-12H2,(H,23,25,27);1-2H3/t16-;2*13-;/m000./s1/i;;;1D. The molecule has 0 aliphatic carbocycles. The quantitative estimate of drug-likeness (QED) is 0.0562. The van der Waals surface area contributed by atoms with E-state index in [9.17, 15) is 33.8 Å². The molecule has 0 saturated carbocycles. The van der Waals surface area contributed by atoms with E-state index in [-0.39, 0.29) is 42.7 Å². The Morgan fingerprint density at radius 2 is 0.905 bits per heavy atom. The zero-order valence-electron chi connectivity index (χ0n) is 52.5. The van der Waals surface area contributed by atoms with Crippen LogP contribution in [0.1, 0.15) is 68.6 Å². The first kappa shape index (κ1) is 65.6. The van der Waals surface area contributed by atoms with Gasteiger partial charge >= 0.3 is 0 Å². The third-order valence-corrected chi connectivity index (χ3v) is 15.7. The van der Waals surface area contributed by atoms with E-state index in [0.29, 0.717) is 158 Å². The highest BCUT2D eigenvalue weighted by atomic mass is 79.9. The number of pyridine rings is 6. The van der Waals surface area contributed by atoms with Crippen molar-refractivity contribution in [3.05, 3.63) is 162 Å². The summed E-state index contributed by atoms with van der Waals surface area (Å²) in [7, 11) is 0. The maximum Gasteiger partial charge on any atom is 0.234 e. The summed E-state index contributed by atoms with van der Waals surface area (Å²) in [6.45, 7) is 7.16. The number of aromatic nitrogens is 12. The van der Waals surface area contributed by atoms with Gasteiger partial charge in [0.25, 0.3) is 0 Å². The minimum absolute atomic E-state index is 0.0297. The SMILES string of the molecule is N#Cc1nc(-c2ccnc(Nc3ccc(CBr)nc3)n2)ccc1N1CC[C@H](F)C1.N#Cc1nc(-c2ccnc(Nc3ccc(CN4CCNC(=O)C4)nc3)n2)ccc1N1CC[C@H](F)C1.N#Cc1nc(-c2ccnc(Nc3ccc(CO)nc3)n2)ccc1N1CC[C@H](F)C1.[2H]CC. The minimum atomic E-state index is -0.883. The number of aliphatic hydroxyl groups is 1. The van der Waals surface area contributed by atoms with Gasteiger partial charge in [-0.05, 0) is 110 Å². The summed E-state index contributed by atoms with van der Waals surface area (Å²) in [5.74, 6) is 1.15. The number of nitrogens with one attached hydrogen (secondary N) is 4. The second kappa shape index (κ2) is 32.6. The molecule has 484 valence electrons. The molecule has 25 nitrogen and oxygen atoms in total. The van der Waals surface area contributed by atoms with E-state index in [1.165, 1.54) is 0 Å². The molecule has 13 rings (SSSR count). The van der Waals surface area contributed by atoms with Gasteiger partial charge in [0.15, 0.2) is 17.1 Å². The van der Waals surface area contributed by atoms with E-state index >= 15 is 0 Å². The molecule has 0 aromatic carbocycles. The molecule has 0 bridgehead atoms. The minimum Gasteiger partial charge on any atom is -0.390 e. The van der Waals surface area contributed by atoms with Crippen molar-refractivity contribution in [2.24, 2.45) is 0 Å². The largest absolute Gasteiger partial charge is 0.390 e. The van der Waals surface area contributed by atoms with E-state index in [1.807, 2.05) is 43.9 Å². The van der Waals surface area contributed by atoms with Gasteiger partial charge in [-0.3, -0.25) is 24.6 Å². The van der Waals surface area contributed by atoms with E-state index in [4.69, 9.17) is 6.48 Å². The lowest BCUT2D eigenvalue weighted by molar-refractivity contribution is -0.124. The van der Waals surface area contributed by atoms with Crippen LogP contribution >= 0.6 is 15.9 Å². The van der Waals surface area contributed by atoms with Gasteiger partial charge in [0.1, 0.15) is 36.7 Å². The molecular weight excluding hydrogens is 1280 g/mol. The number of carbonyl (C=O) groups excluding carboxylic acids is 1. The van der Waals surface area contributed by atoms with Crippen LogP contribution in [-0.4, -0.2) is 153 Å². The molecule has 4 aliphatic rings. The van der Waals surface area contributed by atoms with E-state index in [1.54, 1.807) is 111 Å². The maximum absolute atomic E-state index is 13.6. The van der Waals surface area contributed by atoms with E-state index in [0.717, 1.165) is 29.3 Å². The van der Waals surface area contributed by atoms with Crippen LogP contribution < -0.4 is 36.0 Å². The van der Waals surface area contributed by atoms with Crippen molar-refractivity contribution in [3.63, 3.8) is 0 Å². The van der Waals surface area contributed by atoms with E-state index < -0.39 is 18.5 Å². The second-order valence-electron chi connectivity index (χ2n) is 21.7. The summed E-state index contributed by atoms with van der Waals surface area (Å²) < 4.78 is 46.9. The lowest BCUT2D eigenvalue weighted by atomic mass is 10.2. The number of halogens is 4. The molecule has 4 fully saturated rings. The highest BCUT2D eigenvalue weighted by Gasteiger charge is 2.28. The number of rotatable bonds is 16. The number of anilines is 9. The zero-order valence-corrected chi connectivity index (χ0v) is 53.1. The normalized spacial score (nSPS) is 16.6. The second-order valence-corrected chi connectivity index (χ2v) is 22.2. The maximum atomic E-state index is 13.6. The van der Waals surface area contributed by atoms with Gasteiger partial charge in [0.05, 0.1) is 117 Å². The van der Waals surface area contributed by atoms with Crippen LogP contribution in [0.25, 0.3) is 34.2 Å². The van der Waals surface area contributed by atoms with Gasteiger partial charge in [-0.1, -0.05) is 29.8 Å². The van der Waals surface area contributed by atoms with E-state index in [2.05, 4.69) is 115 Å². The fourth-order valence-corrected chi connectivity index (χ4v) is 10.8. The summed E-state index contributed by atoms with van der Waals surface area (Å²) in [6, 6.07) is 33.3. The summed E-state index contributed by atoms with van der Waals surface area (Å²) in [5.41, 5.74) is 10.5. The number of nitrogens with zero attached hydrogens (tertiary/aromatic N) is 19. The molecule has 9 aromatic heterocycles. The van der Waals surface area contributed by atoms with Crippen LogP contribution in [0.5, 0.6) is 0 Å². The molecular formula is C66H65BrF3N23O2. The Kier molecular flexibility index (Phi) is 22.5. The molecule has 3 atom stereocenters. The first-order chi connectivity index (χ1) is 46.8. The Balaban J connectivity index is 0.000000154. The smallest absolute Gasteiger partial charge is 0.234 e. The molecule has 4 saturated heterocycles. The number of piperazine rings is 1. The Morgan fingerprint density at radius 3 is 1.22 bits per heavy atom. The molecule has 1 amide bonds. The fraction of sp³-hybridized carbons (Fsp3) is 0.303. The van der Waals surface area contributed by atoms with Crippen molar-refractivity contribution in [3.8, 4) is 52.4 Å². The van der Waals surface area contributed by atoms with Gasteiger partial charge in [-0.2, -0.15) is 15.8 Å². The Bertz CT molecular complexity index is 4070. The number of aliphatic hydroxyl groups excluding tert-OH is 1. The number of hydrogen-bond acceptors (Lipinski definition) is 24. The zero-order chi connectivity index (χ0) is 67.3. The van der Waals surface area contributed by atoms with Gasteiger partial charge < -0.3 is 41.1 Å². The predicted molar refractivity (Wildman–Crippen MR) is 356 cm³/mol. The van der Waals surface area contributed by atoms with Crippen LogP contribution in [0.3, 0.4) is 0 Å².